The Morgan fingerprint density at radius 1 is 1.06 bits per heavy atom. The molecular weight excluding hydrogens is 407 g/mol. The number of fused-ring (bicyclic) bond motifs is 2. The van der Waals surface area contributed by atoms with Crippen molar-refractivity contribution < 1.29 is 18.0 Å². The molecule has 0 radical (unpaired) electrons. The monoisotopic (exact) mass is 429 g/mol. The molecular formula is C23H22F3N3O2. The number of rotatable bonds is 4. The molecule has 0 fully saturated rings. The topological polar surface area (TPSA) is 64.0 Å². The van der Waals surface area contributed by atoms with Crippen molar-refractivity contribution in [3.8, 4) is 0 Å². The molecule has 3 aromatic rings. The molecule has 4 rings (SSSR count). The van der Waals surface area contributed by atoms with Crippen molar-refractivity contribution in [3.05, 3.63) is 75.3 Å². The van der Waals surface area contributed by atoms with Crippen LogP contribution in [0.5, 0.6) is 0 Å². The Hall–Kier alpha value is -3.16. The van der Waals surface area contributed by atoms with E-state index in [9.17, 15) is 22.8 Å². The number of alkyl halides is 3. The van der Waals surface area contributed by atoms with Crippen molar-refractivity contribution in [1.29, 1.82) is 0 Å². The van der Waals surface area contributed by atoms with Gasteiger partial charge in [-0.2, -0.15) is 13.2 Å². The van der Waals surface area contributed by atoms with Crippen LogP contribution < -0.4 is 10.9 Å². The second-order valence-electron chi connectivity index (χ2n) is 7.73. The summed E-state index contributed by atoms with van der Waals surface area (Å²) in [6.45, 7) is 0.950. The number of carbonyl (C=O) groups excluding carboxylic acids is 1. The Morgan fingerprint density at radius 3 is 2.58 bits per heavy atom. The van der Waals surface area contributed by atoms with Crippen molar-refractivity contribution >= 4 is 16.8 Å². The van der Waals surface area contributed by atoms with Crippen LogP contribution in [0.4, 0.5) is 13.2 Å². The molecule has 5 nitrogen and oxygen atoms in total. The molecule has 31 heavy (non-hydrogen) atoms. The van der Waals surface area contributed by atoms with Crippen molar-refractivity contribution in [1.82, 2.24) is 14.9 Å². The zero-order valence-electron chi connectivity index (χ0n) is 16.8. The van der Waals surface area contributed by atoms with Gasteiger partial charge in [-0.15, -0.1) is 0 Å². The third kappa shape index (κ3) is 4.62. The molecule has 2 aromatic carbocycles. The Labute approximate surface area is 176 Å². The van der Waals surface area contributed by atoms with Gasteiger partial charge in [0.15, 0.2) is 0 Å². The maximum absolute atomic E-state index is 12.8. The number of aromatic nitrogens is 2. The van der Waals surface area contributed by atoms with Crippen molar-refractivity contribution in [2.45, 2.75) is 44.8 Å². The fraction of sp³-hybridized carbons (Fsp3) is 0.348. The number of carbonyl (C=O) groups is 1. The standard InChI is InChI=1S/C23H22F3N3O2/c24-23(25,26)17-8-5-15(6-9-17)11-12-27-21(30)16-7-10-18-19(14-16)28-20-4-2-1-3-13-29(20)22(18)31/h5-10,14H,1-4,11-13H2,(H,27,30). The van der Waals surface area contributed by atoms with Crippen LogP contribution in [0.25, 0.3) is 10.9 Å². The molecule has 0 bridgehead atoms. The van der Waals surface area contributed by atoms with Crippen molar-refractivity contribution in [2.75, 3.05) is 6.54 Å². The Kier molecular flexibility index (Phi) is 5.80. The number of nitrogens with zero attached hydrogens (tertiary/aromatic N) is 2. The molecule has 1 aromatic heterocycles. The Bertz CT molecular complexity index is 1170. The van der Waals surface area contributed by atoms with Gasteiger partial charge in [0, 0.05) is 25.1 Å². The molecule has 0 aliphatic carbocycles. The van der Waals surface area contributed by atoms with Crippen LogP contribution in [-0.2, 0) is 25.6 Å². The maximum Gasteiger partial charge on any atom is 0.416 e. The predicted molar refractivity (Wildman–Crippen MR) is 111 cm³/mol. The number of benzene rings is 2. The van der Waals surface area contributed by atoms with Crippen LogP contribution in [0, 0.1) is 0 Å². The van der Waals surface area contributed by atoms with E-state index in [1.54, 1.807) is 22.8 Å². The highest BCUT2D eigenvalue weighted by Crippen LogP contribution is 2.29. The van der Waals surface area contributed by atoms with E-state index in [0.717, 1.165) is 43.6 Å². The highest BCUT2D eigenvalue weighted by Gasteiger charge is 2.29. The molecule has 1 N–H and O–H groups in total. The van der Waals surface area contributed by atoms with Gasteiger partial charge in [-0.25, -0.2) is 4.98 Å². The third-order valence-corrected chi connectivity index (χ3v) is 5.56. The van der Waals surface area contributed by atoms with Crippen LogP contribution in [-0.4, -0.2) is 22.0 Å². The first kappa shape index (κ1) is 21.1. The fourth-order valence-electron chi connectivity index (χ4n) is 3.84. The number of halogens is 3. The molecule has 0 atom stereocenters. The smallest absolute Gasteiger partial charge is 0.352 e. The molecule has 1 aliphatic rings. The second kappa shape index (κ2) is 8.53. The summed E-state index contributed by atoms with van der Waals surface area (Å²) < 4.78 is 39.6. The van der Waals surface area contributed by atoms with Crippen LogP contribution in [0.3, 0.4) is 0 Å². The number of nitrogens with one attached hydrogen (secondary N) is 1. The SMILES string of the molecule is O=C(NCCc1ccc(C(F)(F)F)cc1)c1ccc2c(=O)n3c(nc2c1)CCCCC3. The quantitative estimate of drug-likeness (QED) is 0.679. The summed E-state index contributed by atoms with van der Waals surface area (Å²) in [5.41, 5.74) is 0.831. The largest absolute Gasteiger partial charge is 0.416 e. The normalized spacial score (nSPS) is 14.2. The first-order chi connectivity index (χ1) is 14.8. The van der Waals surface area contributed by atoms with Gasteiger partial charge in [-0.3, -0.25) is 14.2 Å². The lowest BCUT2D eigenvalue weighted by Gasteiger charge is -2.11. The molecule has 0 saturated carbocycles. The van der Waals surface area contributed by atoms with Gasteiger partial charge in [-0.05, 0) is 55.2 Å². The minimum atomic E-state index is -4.36. The van der Waals surface area contributed by atoms with Crippen LogP contribution in [0.2, 0.25) is 0 Å². The van der Waals surface area contributed by atoms with Gasteiger partial charge in [0.25, 0.3) is 11.5 Å². The van der Waals surface area contributed by atoms with E-state index < -0.39 is 11.7 Å². The average molecular weight is 429 g/mol. The van der Waals surface area contributed by atoms with E-state index in [1.807, 2.05) is 0 Å². The lowest BCUT2D eigenvalue weighted by molar-refractivity contribution is -0.137. The minimum absolute atomic E-state index is 0.0730. The van der Waals surface area contributed by atoms with Crippen molar-refractivity contribution in [3.63, 3.8) is 0 Å². The molecule has 0 spiro atoms. The third-order valence-electron chi connectivity index (χ3n) is 5.56. The number of hydrogen-bond donors (Lipinski definition) is 1. The zero-order valence-corrected chi connectivity index (χ0v) is 16.8. The molecule has 0 saturated heterocycles. The summed E-state index contributed by atoms with van der Waals surface area (Å²) in [7, 11) is 0. The molecule has 2 heterocycles. The van der Waals surface area contributed by atoms with E-state index >= 15 is 0 Å². The van der Waals surface area contributed by atoms with Crippen LogP contribution >= 0.6 is 0 Å². The van der Waals surface area contributed by atoms with E-state index in [1.165, 1.54) is 12.1 Å². The second-order valence-corrected chi connectivity index (χ2v) is 7.73. The number of hydrogen-bond acceptors (Lipinski definition) is 3. The van der Waals surface area contributed by atoms with Gasteiger partial charge in [-0.1, -0.05) is 18.6 Å². The summed E-state index contributed by atoms with van der Waals surface area (Å²) in [5, 5.41) is 3.26. The highest BCUT2D eigenvalue weighted by molar-refractivity contribution is 5.97. The van der Waals surface area contributed by atoms with Crippen LogP contribution in [0.15, 0.2) is 47.3 Å². The average Bonchev–Trinajstić information content (AvgIpc) is 2.99. The molecule has 1 aliphatic heterocycles. The Balaban J connectivity index is 1.45. The summed E-state index contributed by atoms with van der Waals surface area (Å²) in [5.74, 6) is 0.445. The molecule has 1 amide bonds. The highest BCUT2D eigenvalue weighted by atomic mass is 19.4. The minimum Gasteiger partial charge on any atom is -0.352 e. The Morgan fingerprint density at radius 2 is 1.84 bits per heavy atom. The zero-order chi connectivity index (χ0) is 22.0. The fourth-order valence-corrected chi connectivity index (χ4v) is 3.84. The van der Waals surface area contributed by atoms with Crippen LogP contribution in [0.1, 0.15) is 46.6 Å². The van der Waals surface area contributed by atoms with E-state index in [2.05, 4.69) is 10.3 Å². The van der Waals surface area contributed by atoms with Gasteiger partial charge in [0.05, 0.1) is 16.5 Å². The first-order valence-electron chi connectivity index (χ1n) is 10.3. The summed E-state index contributed by atoms with van der Waals surface area (Å²) in [6, 6.07) is 9.75. The summed E-state index contributed by atoms with van der Waals surface area (Å²) in [6.07, 6.45) is -0.204. The number of aryl methyl sites for hydroxylation is 1. The lowest BCUT2D eigenvalue weighted by atomic mass is 10.1. The van der Waals surface area contributed by atoms with Gasteiger partial charge < -0.3 is 5.32 Å². The molecule has 0 unspecified atom stereocenters. The molecule has 162 valence electrons. The molecule has 8 heteroatoms. The van der Waals surface area contributed by atoms with Gasteiger partial charge in [0.1, 0.15) is 5.82 Å². The summed E-state index contributed by atoms with van der Waals surface area (Å²) in [4.78, 5) is 29.9. The van der Waals surface area contributed by atoms with E-state index in [-0.39, 0.29) is 18.0 Å². The number of amides is 1. The summed E-state index contributed by atoms with van der Waals surface area (Å²) >= 11 is 0. The lowest BCUT2D eigenvalue weighted by Crippen LogP contribution is -2.27. The van der Waals surface area contributed by atoms with Gasteiger partial charge >= 0.3 is 6.18 Å². The van der Waals surface area contributed by atoms with Crippen molar-refractivity contribution in [2.24, 2.45) is 0 Å². The predicted octanol–water partition coefficient (Wildman–Crippen LogP) is 4.11. The maximum atomic E-state index is 12.8. The van der Waals surface area contributed by atoms with E-state index in [0.29, 0.717) is 35.0 Å². The van der Waals surface area contributed by atoms with Gasteiger partial charge in [0.2, 0.25) is 0 Å². The van der Waals surface area contributed by atoms with E-state index in [4.69, 9.17) is 0 Å². The first-order valence-corrected chi connectivity index (χ1v) is 10.3.